The lowest BCUT2D eigenvalue weighted by Crippen LogP contribution is -2.32. The van der Waals surface area contributed by atoms with E-state index in [1.807, 2.05) is 0 Å². The van der Waals surface area contributed by atoms with E-state index in [9.17, 15) is 21.6 Å². The minimum absolute atomic E-state index is 0.0939. The Labute approximate surface area is 80.9 Å². The molecule has 0 aromatic heterocycles. The average molecular weight is 234 g/mol. The normalized spacial score (nSPS) is 13.1. The van der Waals surface area contributed by atoms with Crippen LogP contribution in [0.1, 0.15) is 6.42 Å². The Morgan fingerprint density at radius 3 is 2.14 bits per heavy atom. The molecule has 0 rings (SSSR count). The third-order valence-corrected chi connectivity index (χ3v) is 1.98. The van der Waals surface area contributed by atoms with E-state index in [-0.39, 0.29) is 19.6 Å². The third kappa shape index (κ3) is 11.7. The summed E-state index contributed by atoms with van der Waals surface area (Å²) in [4.78, 5) is 0. The maximum absolute atomic E-state index is 11.6. The van der Waals surface area contributed by atoms with E-state index < -0.39 is 22.6 Å². The van der Waals surface area contributed by atoms with Gasteiger partial charge in [0.25, 0.3) is 0 Å². The first kappa shape index (κ1) is 13.7. The van der Waals surface area contributed by atoms with E-state index >= 15 is 0 Å². The number of hydrogen-bond donors (Lipinski definition) is 2. The predicted molar refractivity (Wildman–Crippen MR) is 46.4 cm³/mol. The summed E-state index contributed by atoms with van der Waals surface area (Å²) in [6.45, 7) is 0.0782. The molecule has 0 aliphatic rings. The second-order valence-corrected chi connectivity index (χ2v) is 4.61. The first-order chi connectivity index (χ1) is 6.21. The minimum Gasteiger partial charge on any atom is -0.315 e. The van der Waals surface area contributed by atoms with E-state index in [0.717, 1.165) is 6.26 Å². The molecule has 0 atom stereocenters. The van der Waals surface area contributed by atoms with Crippen LogP contribution in [0.15, 0.2) is 0 Å². The van der Waals surface area contributed by atoms with Gasteiger partial charge >= 0.3 is 6.18 Å². The molecule has 8 heteroatoms. The molecular formula is C6H13F3N2O2S. The standard InChI is InChI=1S/C6H13F3N2O2S/c1-14(12,13)11-5-4-10-3-2-6(7,8)9/h10-11H,2-5H2,1H3. The van der Waals surface area contributed by atoms with Crippen LogP contribution in [0, 0.1) is 0 Å². The molecule has 0 unspecified atom stereocenters. The van der Waals surface area contributed by atoms with Crippen LogP contribution in [0.4, 0.5) is 13.2 Å². The van der Waals surface area contributed by atoms with Gasteiger partial charge in [-0.3, -0.25) is 0 Å². The highest BCUT2D eigenvalue weighted by molar-refractivity contribution is 7.88. The summed E-state index contributed by atoms with van der Waals surface area (Å²) in [5.41, 5.74) is 0. The van der Waals surface area contributed by atoms with Crippen LogP contribution in [0.25, 0.3) is 0 Å². The summed E-state index contributed by atoms with van der Waals surface area (Å²) in [7, 11) is -3.25. The first-order valence-electron chi connectivity index (χ1n) is 3.93. The summed E-state index contributed by atoms with van der Waals surface area (Å²) in [5.74, 6) is 0. The molecule has 0 aliphatic carbocycles. The quantitative estimate of drug-likeness (QED) is 0.640. The van der Waals surface area contributed by atoms with Gasteiger partial charge in [0.2, 0.25) is 10.0 Å². The Kier molecular flexibility index (Phi) is 5.38. The molecule has 86 valence electrons. The van der Waals surface area contributed by atoms with E-state index in [1.165, 1.54) is 0 Å². The Hall–Kier alpha value is -0.340. The number of sulfonamides is 1. The van der Waals surface area contributed by atoms with Crippen molar-refractivity contribution in [3.63, 3.8) is 0 Å². The van der Waals surface area contributed by atoms with Crippen molar-refractivity contribution < 1.29 is 21.6 Å². The third-order valence-electron chi connectivity index (χ3n) is 1.25. The van der Waals surface area contributed by atoms with Crippen molar-refractivity contribution in [1.82, 2.24) is 10.0 Å². The highest BCUT2D eigenvalue weighted by Crippen LogP contribution is 2.17. The van der Waals surface area contributed by atoms with E-state index in [0.29, 0.717) is 0 Å². The van der Waals surface area contributed by atoms with Crippen molar-refractivity contribution in [2.75, 3.05) is 25.9 Å². The van der Waals surface area contributed by atoms with Gasteiger partial charge in [-0.15, -0.1) is 0 Å². The highest BCUT2D eigenvalue weighted by atomic mass is 32.2. The fourth-order valence-electron chi connectivity index (χ4n) is 0.680. The maximum atomic E-state index is 11.6. The van der Waals surface area contributed by atoms with Gasteiger partial charge in [-0.2, -0.15) is 13.2 Å². The van der Waals surface area contributed by atoms with Crippen LogP contribution in [0.5, 0.6) is 0 Å². The molecule has 2 N–H and O–H groups in total. The molecule has 0 spiro atoms. The van der Waals surface area contributed by atoms with Gasteiger partial charge in [0, 0.05) is 19.6 Å². The summed E-state index contributed by atoms with van der Waals surface area (Å²) in [6, 6.07) is 0. The summed E-state index contributed by atoms with van der Waals surface area (Å²) < 4.78 is 58.0. The van der Waals surface area contributed by atoms with Gasteiger partial charge in [-0.1, -0.05) is 0 Å². The Balaban J connectivity index is 3.32. The van der Waals surface area contributed by atoms with Crippen LogP contribution in [-0.2, 0) is 10.0 Å². The number of nitrogens with one attached hydrogen (secondary N) is 2. The summed E-state index contributed by atoms with van der Waals surface area (Å²) >= 11 is 0. The topological polar surface area (TPSA) is 58.2 Å². The monoisotopic (exact) mass is 234 g/mol. The predicted octanol–water partition coefficient (Wildman–Crippen LogP) is 0.0776. The van der Waals surface area contributed by atoms with Crippen molar-refractivity contribution in [1.29, 1.82) is 0 Å². The average Bonchev–Trinajstić information content (AvgIpc) is 1.92. The lowest BCUT2D eigenvalue weighted by Gasteiger charge is -2.07. The van der Waals surface area contributed by atoms with Gasteiger partial charge in [0.15, 0.2) is 0 Å². The van der Waals surface area contributed by atoms with Crippen molar-refractivity contribution in [2.24, 2.45) is 0 Å². The molecule has 0 amide bonds. The second-order valence-electron chi connectivity index (χ2n) is 2.78. The van der Waals surface area contributed by atoms with Crippen LogP contribution in [0.2, 0.25) is 0 Å². The van der Waals surface area contributed by atoms with Gasteiger partial charge in [0.05, 0.1) is 12.7 Å². The molecule has 0 saturated carbocycles. The molecule has 0 fully saturated rings. The molecule has 14 heavy (non-hydrogen) atoms. The summed E-state index contributed by atoms with van der Waals surface area (Å²) in [6.07, 6.45) is -4.09. The largest absolute Gasteiger partial charge is 0.390 e. The zero-order chi connectivity index (χ0) is 11.2. The fraction of sp³-hybridized carbons (Fsp3) is 1.00. The molecule has 0 aromatic carbocycles. The molecule has 0 heterocycles. The van der Waals surface area contributed by atoms with Crippen molar-refractivity contribution in [3.05, 3.63) is 0 Å². The minimum atomic E-state index is -4.17. The number of halogens is 3. The smallest absolute Gasteiger partial charge is 0.315 e. The van der Waals surface area contributed by atoms with E-state index in [4.69, 9.17) is 0 Å². The van der Waals surface area contributed by atoms with E-state index in [1.54, 1.807) is 0 Å². The lowest BCUT2D eigenvalue weighted by atomic mass is 10.4. The Bertz CT molecular complexity index is 250. The zero-order valence-corrected chi connectivity index (χ0v) is 8.50. The van der Waals surface area contributed by atoms with Gasteiger partial charge in [-0.25, -0.2) is 13.1 Å². The SMILES string of the molecule is CS(=O)(=O)NCCNCCC(F)(F)F. The first-order valence-corrected chi connectivity index (χ1v) is 5.82. The van der Waals surface area contributed by atoms with Crippen molar-refractivity contribution >= 4 is 10.0 Å². The number of alkyl halides is 3. The van der Waals surface area contributed by atoms with Gasteiger partial charge in [0.1, 0.15) is 0 Å². The zero-order valence-electron chi connectivity index (χ0n) is 7.69. The van der Waals surface area contributed by atoms with Crippen LogP contribution >= 0.6 is 0 Å². The Morgan fingerprint density at radius 2 is 1.71 bits per heavy atom. The maximum Gasteiger partial charge on any atom is 0.390 e. The van der Waals surface area contributed by atoms with Crippen molar-refractivity contribution in [2.45, 2.75) is 12.6 Å². The van der Waals surface area contributed by atoms with E-state index in [2.05, 4.69) is 10.0 Å². The second kappa shape index (κ2) is 5.52. The molecule has 0 aliphatic heterocycles. The summed E-state index contributed by atoms with van der Waals surface area (Å²) in [5, 5.41) is 2.47. The van der Waals surface area contributed by atoms with Crippen LogP contribution in [-0.4, -0.2) is 40.5 Å². The molecule has 0 bridgehead atoms. The number of rotatable bonds is 6. The lowest BCUT2D eigenvalue weighted by molar-refractivity contribution is -0.133. The van der Waals surface area contributed by atoms with Crippen LogP contribution < -0.4 is 10.0 Å². The molecule has 0 aromatic rings. The van der Waals surface area contributed by atoms with Gasteiger partial charge < -0.3 is 5.32 Å². The molecular weight excluding hydrogens is 221 g/mol. The molecule has 4 nitrogen and oxygen atoms in total. The highest BCUT2D eigenvalue weighted by Gasteiger charge is 2.25. The van der Waals surface area contributed by atoms with Crippen molar-refractivity contribution in [3.8, 4) is 0 Å². The van der Waals surface area contributed by atoms with Crippen LogP contribution in [0.3, 0.4) is 0 Å². The van der Waals surface area contributed by atoms with Gasteiger partial charge in [-0.05, 0) is 0 Å². The molecule has 0 saturated heterocycles. The molecule has 0 radical (unpaired) electrons. The Morgan fingerprint density at radius 1 is 1.14 bits per heavy atom. The fourth-order valence-corrected chi connectivity index (χ4v) is 1.15. The number of hydrogen-bond acceptors (Lipinski definition) is 3.